The average Bonchev–Trinajstić information content (AvgIpc) is 2.16. The summed E-state index contributed by atoms with van der Waals surface area (Å²) >= 11 is 0. The Hall–Kier alpha value is -1.45. The summed E-state index contributed by atoms with van der Waals surface area (Å²) in [6.07, 6.45) is -3.83. The van der Waals surface area contributed by atoms with E-state index in [0.717, 1.165) is 5.56 Å². The van der Waals surface area contributed by atoms with E-state index in [1.807, 2.05) is 6.92 Å². The van der Waals surface area contributed by atoms with Crippen molar-refractivity contribution in [2.45, 2.75) is 32.8 Å². The van der Waals surface area contributed by atoms with E-state index in [9.17, 15) is 13.6 Å². The number of esters is 1. The van der Waals surface area contributed by atoms with Crippen LogP contribution in [0.1, 0.15) is 30.6 Å². The molecule has 0 heterocycles. The largest absolute Gasteiger partial charge is 0.457 e. The summed E-state index contributed by atoms with van der Waals surface area (Å²) in [4.78, 5) is 10.8. The smallest absolute Gasteiger partial charge is 0.303 e. The second-order valence-electron chi connectivity index (χ2n) is 3.64. The molecule has 0 aromatic heterocycles. The Labute approximate surface area is 93.2 Å². The minimum absolute atomic E-state index is 0.470. The molecular weight excluding hydrogens is 214 g/mol. The molecule has 0 aliphatic heterocycles. The number of hydrogen-bond donors (Lipinski definition) is 0. The van der Waals surface area contributed by atoms with Crippen molar-refractivity contribution in [2.75, 3.05) is 0 Å². The highest BCUT2D eigenvalue weighted by Gasteiger charge is 2.19. The van der Waals surface area contributed by atoms with Gasteiger partial charge in [-0.05, 0) is 12.5 Å². The van der Waals surface area contributed by atoms with E-state index in [0.29, 0.717) is 5.56 Å². The molecule has 0 bridgehead atoms. The number of carbonyl (C=O) groups excluding carboxylic acids is 1. The van der Waals surface area contributed by atoms with Crippen LogP contribution in [0.25, 0.3) is 0 Å². The molecule has 0 spiro atoms. The lowest BCUT2D eigenvalue weighted by molar-refractivity contribution is -0.148. The van der Waals surface area contributed by atoms with Gasteiger partial charge in [-0.3, -0.25) is 4.79 Å². The van der Waals surface area contributed by atoms with E-state index >= 15 is 0 Å². The molecule has 2 nitrogen and oxygen atoms in total. The zero-order chi connectivity index (χ0) is 12.1. The molecule has 1 rings (SSSR count). The van der Waals surface area contributed by atoms with Crippen molar-refractivity contribution in [3.05, 3.63) is 35.4 Å². The van der Waals surface area contributed by atoms with Gasteiger partial charge in [-0.15, -0.1) is 0 Å². The van der Waals surface area contributed by atoms with Crippen molar-refractivity contribution >= 4 is 5.97 Å². The highest BCUT2D eigenvalue weighted by atomic mass is 19.3. The molecule has 16 heavy (non-hydrogen) atoms. The third-order valence-corrected chi connectivity index (χ3v) is 2.15. The van der Waals surface area contributed by atoms with Gasteiger partial charge in [0.15, 0.2) is 0 Å². The normalized spacial score (nSPS) is 12.6. The minimum atomic E-state index is -2.49. The Kier molecular flexibility index (Phi) is 4.40. The maximum Gasteiger partial charge on any atom is 0.303 e. The Morgan fingerprint density at radius 3 is 2.31 bits per heavy atom. The number of alkyl halides is 2. The molecule has 0 saturated heterocycles. The fraction of sp³-hybridized carbons (Fsp3) is 0.417. The summed E-state index contributed by atoms with van der Waals surface area (Å²) in [5, 5.41) is 0. The molecule has 1 aromatic carbocycles. The lowest BCUT2D eigenvalue weighted by Crippen LogP contribution is -2.12. The van der Waals surface area contributed by atoms with Gasteiger partial charge in [0.05, 0.1) is 0 Å². The molecule has 0 N–H and O–H groups in total. The van der Waals surface area contributed by atoms with Gasteiger partial charge in [-0.1, -0.05) is 29.8 Å². The zero-order valence-corrected chi connectivity index (χ0v) is 9.24. The van der Waals surface area contributed by atoms with Crippen molar-refractivity contribution in [1.82, 2.24) is 0 Å². The van der Waals surface area contributed by atoms with Gasteiger partial charge in [0.25, 0.3) is 0 Å². The number of halogens is 2. The van der Waals surface area contributed by atoms with Crippen molar-refractivity contribution < 1.29 is 18.3 Å². The first-order valence-electron chi connectivity index (χ1n) is 5.01. The second kappa shape index (κ2) is 5.58. The third-order valence-electron chi connectivity index (χ3n) is 2.15. The molecule has 0 radical (unpaired) electrons. The summed E-state index contributed by atoms with van der Waals surface area (Å²) in [5.74, 6) is -0.550. The summed E-state index contributed by atoms with van der Waals surface area (Å²) in [5.41, 5.74) is 1.63. The van der Waals surface area contributed by atoms with Gasteiger partial charge < -0.3 is 4.74 Å². The van der Waals surface area contributed by atoms with Gasteiger partial charge in [0.1, 0.15) is 6.10 Å². The molecule has 4 heteroatoms. The van der Waals surface area contributed by atoms with Crippen LogP contribution in [0.5, 0.6) is 0 Å². The van der Waals surface area contributed by atoms with Crippen LogP contribution in [0.4, 0.5) is 8.78 Å². The molecule has 88 valence electrons. The topological polar surface area (TPSA) is 26.3 Å². The van der Waals surface area contributed by atoms with Crippen LogP contribution >= 0.6 is 0 Å². The lowest BCUT2D eigenvalue weighted by Gasteiger charge is -2.17. The van der Waals surface area contributed by atoms with Crippen molar-refractivity contribution in [3.8, 4) is 0 Å². The van der Waals surface area contributed by atoms with E-state index in [4.69, 9.17) is 4.74 Å². The van der Waals surface area contributed by atoms with Crippen LogP contribution in [-0.4, -0.2) is 12.4 Å². The second-order valence-corrected chi connectivity index (χ2v) is 3.64. The first-order chi connectivity index (χ1) is 7.49. The quantitative estimate of drug-likeness (QED) is 0.739. The number of hydrogen-bond acceptors (Lipinski definition) is 2. The van der Waals surface area contributed by atoms with Gasteiger partial charge in [-0.25, -0.2) is 8.78 Å². The first-order valence-corrected chi connectivity index (χ1v) is 5.01. The van der Waals surface area contributed by atoms with Crippen LogP contribution in [0.3, 0.4) is 0 Å². The molecule has 1 atom stereocenters. The molecule has 0 amide bonds. The lowest BCUT2D eigenvalue weighted by atomic mass is 10.1. The van der Waals surface area contributed by atoms with Gasteiger partial charge >= 0.3 is 5.97 Å². The fourth-order valence-electron chi connectivity index (χ4n) is 1.40. The van der Waals surface area contributed by atoms with Crippen LogP contribution in [0, 0.1) is 6.92 Å². The molecule has 1 unspecified atom stereocenters. The molecular formula is C12H14F2O2. The number of carbonyl (C=O) groups is 1. The predicted octanol–water partition coefficient (Wildman–Crippen LogP) is 3.25. The van der Waals surface area contributed by atoms with Crippen LogP contribution in [-0.2, 0) is 9.53 Å². The van der Waals surface area contributed by atoms with Crippen LogP contribution in [0.2, 0.25) is 0 Å². The maximum absolute atomic E-state index is 12.3. The summed E-state index contributed by atoms with van der Waals surface area (Å²) in [7, 11) is 0. The number of aryl methyl sites for hydroxylation is 1. The van der Waals surface area contributed by atoms with Gasteiger partial charge in [-0.2, -0.15) is 0 Å². The van der Waals surface area contributed by atoms with Crippen LogP contribution < -0.4 is 0 Å². The molecule has 0 saturated carbocycles. The van der Waals surface area contributed by atoms with E-state index in [1.165, 1.54) is 6.92 Å². The molecule has 0 aliphatic rings. The van der Waals surface area contributed by atoms with E-state index in [-0.39, 0.29) is 0 Å². The van der Waals surface area contributed by atoms with Crippen molar-refractivity contribution in [1.29, 1.82) is 0 Å². The Balaban J connectivity index is 2.82. The monoisotopic (exact) mass is 228 g/mol. The fourth-order valence-corrected chi connectivity index (χ4v) is 1.40. The summed E-state index contributed by atoms with van der Waals surface area (Å²) in [6, 6.07) is 7.01. The van der Waals surface area contributed by atoms with E-state index < -0.39 is 24.9 Å². The minimum Gasteiger partial charge on any atom is -0.457 e. The Morgan fingerprint density at radius 1 is 1.31 bits per heavy atom. The third kappa shape index (κ3) is 3.96. The zero-order valence-electron chi connectivity index (χ0n) is 9.24. The van der Waals surface area contributed by atoms with Gasteiger partial charge in [0.2, 0.25) is 6.43 Å². The maximum atomic E-state index is 12.3. The van der Waals surface area contributed by atoms with Crippen LogP contribution in [0.15, 0.2) is 24.3 Å². The first kappa shape index (κ1) is 12.6. The molecule has 1 aromatic rings. The number of benzene rings is 1. The highest BCUT2D eigenvalue weighted by Crippen LogP contribution is 2.25. The van der Waals surface area contributed by atoms with E-state index in [1.54, 1.807) is 24.3 Å². The predicted molar refractivity (Wildman–Crippen MR) is 56.3 cm³/mol. The summed E-state index contributed by atoms with van der Waals surface area (Å²) in [6.45, 7) is 3.12. The summed E-state index contributed by atoms with van der Waals surface area (Å²) < 4.78 is 29.5. The SMILES string of the molecule is CC(=O)OC(CC(F)F)c1ccc(C)cc1. The molecule has 0 aliphatic carbocycles. The molecule has 0 fully saturated rings. The van der Waals surface area contributed by atoms with E-state index in [2.05, 4.69) is 0 Å². The Morgan fingerprint density at radius 2 is 1.88 bits per heavy atom. The average molecular weight is 228 g/mol. The standard InChI is InChI=1S/C12H14F2O2/c1-8-3-5-10(6-4-8)11(7-12(13)14)16-9(2)15/h3-6,11-12H,7H2,1-2H3. The van der Waals surface area contributed by atoms with Crippen molar-refractivity contribution in [3.63, 3.8) is 0 Å². The Bertz CT molecular complexity index is 347. The highest BCUT2D eigenvalue weighted by molar-refractivity contribution is 5.66. The number of rotatable bonds is 4. The van der Waals surface area contributed by atoms with Gasteiger partial charge in [0, 0.05) is 13.3 Å². The number of ether oxygens (including phenoxy) is 1. The van der Waals surface area contributed by atoms with Crippen molar-refractivity contribution in [2.24, 2.45) is 0 Å².